The number of ether oxygens (including phenoxy) is 1. The van der Waals surface area contributed by atoms with E-state index in [1.54, 1.807) is 6.07 Å². The molecule has 0 heterocycles. The Balaban J connectivity index is 2.28. The van der Waals surface area contributed by atoms with Crippen LogP contribution in [-0.4, -0.2) is 19.8 Å². The topological polar surface area (TPSA) is 21.3 Å². The van der Waals surface area contributed by atoms with E-state index in [-0.39, 0.29) is 0 Å². The van der Waals surface area contributed by atoms with Crippen molar-refractivity contribution in [3.05, 3.63) is 35.4 Å². The zero-order valence-corrected chi connectivity index (χ0v) is 8.72. The van der Waals surface area contributed by atoms with Crippen LogP contribution in [0.4, 0.5) is 8.78 Å². The van der Waals surface area contributed by atoms with Crippen LogP contribution in [-0.2, 0) is 11.3 Å². The third-order valence-corrected chi connectivity index (χ3v) is 1.94. The molecule has 0 saturated carbocycles. The highest BCUT2D eigenvalue weighted by Crippen LogP contribution is 2.07. The van der Waals surface area contributed by atoms with Gasteiger partial charge < -0.3 is 10.1 Å². The van der Waals surface area contributed by atoms with Crippen LogP contribution < -0.4 is 5.32 Å². The molecule has 0 amide bonds. The first-order valence-electron chi connectivity index (χ1n) is 4.96. The fraction of sp³-hybridized carbons (Fsp3) is 0.455. The summed E-state index contributed by atoms with van der Waals surface area (Å²) < 4.78 is 30.5. The number of benzene rings is 1. The Kier molecular flexibility index (Phi) is 5.21. The molecule has 0 atom stereocenters. The van der Waals surface area contributed by atoms with Crippen molar-refractivity contribution in [1.82, 2.24) is 5.32 Å². The van der Waals surface area contributed by atoms with Gasteiger partial charge >= 0.3 is 0 Å². The first-order valence-corrected chi connectivity index (χ1v) is 4.96. The Bertz CT molecular complexity index is 305. The Morgan fingerprint density at radius 3 is 2.73 bits per heavy atom. The van der Waals surface area contributed by atoms with E-state index in [9.17, 15) is 8.78 Å². The molecule has 0 spiro atoms. The number of halogens is 2. The van der Waals surface area contributed by atoms with Crippen LogP contribution in [0.3, 0.4) is 0 Å². The van der Waals surface area contributed by atoms with Gasteiger partial charge in [-0.25, -0.2) is 8.78 Å². The molecule has 1 aromatic rings. The Morgan fingerprint density at radius 2 is 2.07 bits per heavy atom. The monoisotopic (exact) mass is 215 g/mol. The van der Waals surface area contributed by atoms with Crippen LogP contribution in [0, 0.1) is 11.6 Å². The molecule has 0 aliphatic carbocycles. The third kappa shape index (κ3) is 4.36. The first-order chi connectivity index (χ1) is 7.24. The minimum absolute atomic E-state index is 0.518. The summed E-state index contributed by atoms with van der Waals surface area (Å²) in [5, 5.41) is 3.07. The number of nitrogens with one attached hydrogen (secondary N) is 1. The lowest BCUT2D eigenvalue weighted by molar-refractivity contribution is 0.149. The van der Waals surface area contributed by atoms with Gasteiger partial charge in [-0.2, -0.15) is 0 Å². The lowest BCUT2D eigenvalue weighted by Crippen LogP contribution is -2.19. The van der Waals surface area contributed by atoms with E-state index in [4.69, 9.17) is 4.74 Å². The van der Waals surface area contributed by atoms with Gasteiger partial charge in [0, 0.05) is 19.7 Å². The molecule has 1 N–H and O–H groups in total. The van der Waals surface area contributed by atoms with Crippen LogP contribution in [0.5, 0.6) is 0 Å². The van der Waals surface area contributed by atoms with Gasteiger partial charge in [-0.1, -0.05) is 6.07 Å². The standard InChI is InChI=1S/C11H15F2NO/c1-2-15-6-5-14-8-9-3-4-10(12)11(13)7-9/h3-4,7,14H,2,5-6,8H2,1H3. The van der Waals surface area contributed by atoms with Crippen molar-refractivity contribution in [3.63, 3.8) is 0 Å². The summed E-state index contributed by atoms with van der Waals surface area (Å²) in [7, 11) is 0. The lowest BCUT2D eigenvalue weighted by atomic mass is 10.2. The van der Waals surface area contributed by atoms with Gasteiger partial charge in [-0.05, 0) is 24.6 Å². The van der Waals surface area contributed by atoms with E-state index >= 15 is 0 Å². The van der Waals surface area contributed by atoms with E-state index in [0.29, 0.717) is 26.3 Å². The minimum atomic E-state index is -0.812. The maximum absolute atomic E-state index is 12.8. The van der Waals surface area contributed by atoms with E-state index < -0.39 is 11.6 Å². The fourth-order valence-corrected chi connectivity index (χ4v) is 1.17. The van der Waals surface area contributed by atoms with Crippen LogP contribution in [0.15, 0.2) is 18.2 Å². The molecule has 1 aromatic carbocycles. The van der Waals surface area contributed by atoms with Gasteiger partial charge in [0.05, 0.1) is 6.61 Å². The van der Waals surface area contributed by atoms with Crippen molar-refractivity contribution in [1.29, 1.82) is 0 Å². The van der Waals surface area contributed by atoms with Crippen molar-refractivity contribution < 1.29 is 13.5 Å². The predicted molar refractivity (Wildman–Crippen MR) is 54.6 cm³/mol. The van der Waals surface area contributed by atoms with Crippen molar-refractivity contribution in [2.75, 3.05) is 19.8 Å². The summed E-state index contributed by atoms with van der Waals surface area (Å²) >= 11 is 0. The third-order valence-electron chi connectivity index (χ3n) is 1.94. The average Bonchev–Trinajstić information content (AvgIpc) is 2.23. The molecular weight excluding hydrogens is 200 g/mol. The van der Waals surface area contributed by atoms with E-state index in [2.05, 4.69) is 5.32 Å². The Morgan fingerprint density at radius 1 is 1.27 bits per heavy atom. The second kappa shape index (κ2) is 6.48. The zero-order valence-electron chi connectivity index (χ0n) is 8.72. The molecule has 1 rings (SSSR count). The van der Waals surface area contributed by atoms with Crippen LogP contribution in [0.25, 0.3) is 0 Å². The molecule has 15 heavy (non-hydrogen) atoms. The molecule has 84 valence electrons. The normalized spacial score (nSPS) is 10.6. The van der Waals surface area contributed by atoms with Gasteiger partial charge in [0.15, 0.2) is 11.6 Å². The number of hydrogen-bond acceptors (Lipinski definition) is 2. The molecule has 2 nitrogen and oxygen atoms in total. The van der Waals surface area contributed by atoms with Crippen LogP contribution in [0.1, 0.15) is 12.5 Å². The summed E-state index contributed by atoms with van der Waals surface area (Å²) in [6.45, 7) is 4.46. The molecule has 0 unspecified atom stereocenters. The average molecular weight is 215 g/mol. The van der Waals surface area contributed by atoms with Gasteiger partial charge in [0.2, 0.25) is 0 Å². The SMILES string of the molecule is CCOCCNCc1ccc(F)c(F)c1. The summed E-state index contributed by atoms with van der Waals surface area (Å²) in [4.78, 5) is 0. The second-order valence-corrected chi connectivity index (χ2v) is 3.12. The quantitative estimate of drug-likeness (QED) is 0.734. The molecule has 0 fully saturated rings. The van der Waals surface area contributed by atoms with E-state index in [1.807, 2.05) is 6.92 Å². The Hall–Kier alpha value is -1.00. The molecule has 0 aliphatic rings. The second-order valence-electron chi connectivity index (χ2n) is 3.12. The van der Waals surface area contributed by atoms with Crippen molar-refractivity contribution >= 4 is 0 Å². The summed E-state index contributed by atoms with van der Waals surface area (Å²) in [5.74, 6) is -1.62. The molecular formula is C11H15F2NO. The van der Waals surface area contributed by atoms with Gasteiger partial charge in [-0.3, -0.25) is 0 Å². The maximum Gasteiger partial charge on any atom is 0.159 e. The fourth-order valence-electron chi connectivity index (χ4n) is 1.17. The summed E-state index contributed by atoms with van der Waals surface area (Å²) in [6.07, 6.45) is 0. The van der Waals surface area contributed by atoms with Crippen molar-refractivity contribution in [3.8, 4) is 0 Å². The van der Waals surface area contributed by atoms with Crippen LogP contribution >= 0.6 is 0 Å². The molecule has 0 aliphatic heterocycles. The molecule has 0 radical (unpaired) electrons. The van der Waals surface area contributed by atoms with Gasteiger partial charge in [0.25, 0.3) is 0 Å². The molecule has 0 saturated heterocycles. The highest BCUT2D eigenvalue weighted by molar-refractivity contribution is 5.17. The molecule has 0 aromatic heterocycles. The predicted octanol–water partition coefficient (Wildman–Crippen LogP) is 2.09. The molecule has 0 bridgehead atoms. The van der Waals surface area contributed by atoms with Crippen LogP contribution in [0.2, 0.25) is 0 Å². The van der Waals surface area contributed by atoms with Gasteiger partial charge in [-0.15, -0.1) is 0 Å². The van der Waals surface area contributed by atoms with E-state index in [1.165, 1.54) is 6.07 Å². The van der Waals surface area contributed by atoms with Crippen molar-refractivity contribution in [2.45, 2.75) is 13.5 Å². The van der Waals surface area contributed by atoms with E-state index in [0.717, 1.165) is 11.6 Å². The highest BCUT2D eigenvalue weighted by atomic mass is 19.2. The minimum Gasteiger partial charge on any atom is -0.380 e. The first kappa shape index (κ1) is 12.1. The molecule has 4 heteroatoms. The zero-order chi connectivity index (χ0) is 11.1. The summed E-state index contributed by atoms with van der Waals surface area (Å²) in [5.41, 5.74) is 0.727. The number of rotatable bonds is 6. The smallest absolute Gasteiger partial charge is 0.159 e. The number of hydrogen-bond donors (Lipinski definition) is 1. The Labute approximate surface area is 88.3 Å². The highest BCUT2D eigenvalue weighted by Gasteiger charge is 2.01. The lowest BCUT2D eigenvalue weighted by Gasteiger charge is -2.05. The van der Waals surface area contributed by atoms with Crippen molar-refractivity contribution in [2.24, 2.45) is 0 Å². The maximum atomic E-state index is 12.8. The van der Waals surface area contributed by atoms with Gasteiger partial charge in [0.1, 0.15) is 0 Å². The summed E-state index contributed by atoms with van der Waals surface area (Å²) in [6, 6.07) is 3.89. The largest absolute Gasteiger partial charge is 0.380 e.